The summed E-state index contributed by atoms with van der Waals surface area (Å²) in [7, 11) is 0. The first-order valence-corrected chi connectivity index (χ1v) is 9.68. The van der Waals surface area contributed by atoms with Gasteiger partial charge in [0, 0.05) is 26.2 Å². The number of amides is 1. The van der Waals surface area contributed by atoms with E-state index < -0.39 is 0 Å². The molecule has 6 nitrogen and oxygen atoms in total. The molecule has 0 aromatic carbocycles. The lowest BCUT2D eigenvalue weighted by molar-refractivity contribution is -0.139. The van der Waals surface area contributed by atoms with Gasteiger partial charge in [-0.25, -0.2) is 0 Å². The third-order valence-corrected chi connectivity index (χ3v) is 5.73. The molecule has 132 valence electrons. The molecule has 25 heavy (non-hydrogen) atoms. The molecule has 7 heteroatoms. The maximum Gasteiger partial charge on any atom is 0.227 e. The second kappa shape index (κ2) is 7.49. The Kier molecular flexibility index (Phi) is 4.94. The predicted octanol–water partition coefficient (Wildman–Crippen LogP) is 2.28. The number of thiophene rings is 1. The second-order valence-electron chi connectivity index (χ2n) is 6.48. The van der Waals surface area contributed by atoms with Gasteiger partial charge < -0.3 is 14.5 Å². The molecule has 1 atom stereocenters. The van der Waals surface area contributed by atoms with E-state index in [1.54, 1.807) is 11.3 Å². The lowest BCUT2D eigenvalue weighted by atomic mass is 9.96. The van der Waals surface area contributed by atoms with E-state index in [1.165, 1.54) is 0 Å². The summed E-state index contributed by atoms with van der Waals surface area (Å²) in [4.78, 5) is 18.0. The third kappa shape index (κ3) is 3.67. The third-order valence-electron chi connectivity index (χ3n) is 4.84. The van der Waals surface area contributed by atoms with Gasteiger partial charge in [0.1, 0.15) is 5.69 Å². The molecular weight excluding hydrogens is 336 g/mol. The highest BCUT2D eigenvalue weighted by Crippen LogP contribution is 2.26. The fourth-order valence-electron chi connectivity index (χ4n) is 3.48. The van der Waals surface area contributed by atoms with Crippen LogP contribution in [-0.2, 0) is 9.53 Å². The van der Waals surface area contributed by atoms with Crippen molar-refractivity contribution >= 4 is 23.1 Å². The van der Waals surface area contributed by atoms with Crippen molar-refractivity contribution in [2.45, 2.75) is 12.8 Å². The highest BCUT2D eigenvalue weighted by Gasteiger charge is 2.30. The predicted molar refractivity (Wildman–Crippen MR) is 97.7 cm³/mol. The lowest BCUT2D eigenvalue weighted by Gasteiger charge is -2.36. The quantitative estimate of drug-likeness (QED) is 0.842. The Labute approximate surface area is 151 Å². The zero-order valence-corrected chi connectivity index (χ0v) is 15.0. The van der Waals surface area contributed by atoms with Crippen molar-refractivity contribution in [2.75, 3.05) is 44.3 Å². The molecule has 4 rings (SSSR count). The van der Waals surface area contributed by atoms with Crippen LogP contribution >= 0.6 is 11.3 Å². The fraction of sp³-hybridized carbons (Fsp3) is 0.500. The smallest absolute Gasteiger partial charge is 0.227 e. The number of aromatic nitrogens is 2. The van der Waals surface area contributed by atoms with E-state index in [0.717, 1.165) is 42.3 Å². The van der Waals surface area contributed by atoms with Gasteiger partial charge in [-0.2, -0.15) is 0 Å². The van der Waals surface area contributed by atoms with Crippen molar-refractivity contribution in [3.05, 3.63) is 29.6 Å². The summed E-state index contributed by atoms with van der Waals surface area (Å²) in [6.45, 7) is 4.38. The van der Waals surface area contributed by atoms with Crippen molar-refractivity contribution in [1.82, 2.24) is 15.1 Å². The normalized spacial score (nSPS) is 21.4. The molecule has 2 aromatic rings. The van der Waals surface area contributed by atoms with Crippen LogP contribution in [0.25, 0.3) is 10.6 Å². The number of rotatable bonds is 3. The zero-order valence-electron chi connectivity index (χ0n) is 14.1. The fourth-order valence-corrected chi connectivity index (χ4v) is 4.17. The Morgan fingerprint density at radius 1 is 1.16 bits per heavy atom. The van der Waals surface area contributed by atoms with Crippen molar-refractivity contribution < 1.29 is 9.53 Å². The summed E-state index contributed by atoms with van der Waals surface area (Å²) >= 11 is 1.66. The molecule has 2 aromatic heterocycles. The average molecular weight is 358 g/mol. The van der Waals surface area contributed by atoms with Gasteiger partial charge in [-0.1, -0.05) is 6.07 Å². The Morgan fingerprint density at radius 3 is 2.76 bits per heavy atom. The number of morpholine rings is 1. The molecule has 0 bridgehead atoms. The Morgan fingerprint density at radius 2 is 2.04 bits per heavy atom. The SMILES string of the molecule is O=C(C1CCCN(c2ccc(-c3cccs3)nn2)C1)N1CCOCC1. The molecule has 0 saturated carbocycles. The summed E-state index contributed by atoms with van der Waals surface area (Å²) < 4.78 is 5.35. The topological polar surface area (TPSA) is 58.6 Å². The lowest BCUT2D eigenvalue weighted by Crippen LogP contribution is -2.48. The number of hydrogen-bond donors (Lipinski definition) is 0. The molecule has 1 unspecified atom stereocenters. The first-order valence-electron chi connectivity index (χ1n) is 8.80. The molecular formula is C18H22N4O2S. The van der Waals surface area contributed by atoms with Crippen LogP contribution in [0.3, 0.4) is 0 Å². The molecule has 0 spiro atoms. The molecule has 0 radical (unpaired) electrons. The summed E-state index contributed by atoms with van der Waals surface area (Å²) in [5.41, 5.74) is 0.900. The number of carbonyl (C=O) groups is 1. The maximum absolute atomic E-state index is 12.7. The van der Waals surface area contributed by atoms with Gasteiger partial charge in [0.25, 0.3) is 0 Å². The Hall–Kier alpha value is -1.99. The van der Waals surface area contributed by atoms with Gasteiger partial charge in [-0.3, -0.25) is 4.79 Å². The van der Waals surface area contributed by atoms with Gasteiger partial charge in [0.15, 0.2) is 5.82 Å². The number of piperidine rings is 1. The number of nitrogens with zero attached hydrogens (tertiary/aromatic N) is 4. The first kappa shape index (κ1) is 16.5. The van der Waals surface area contributed by atoms with Crippen LogP contribution in [-0.4, -0.2) is 60.4 Å². The zero-order chi connectivity index (χ0) is 17.1. The second-order valence-corrected chi connectivity index (χ2v) is 7.42. The highest BCUT2D eigenvalue weighted by molar-refractivity contribution is 7.13. The van der Waals surface area contributed by atoms with Crippen molar-refractivity contribution in [1.29, 1.82) is 0 Å². The van der Waals surface area contributed by atoms with E-state index in [-0.39, 0.29) is 11.8 Å². The van der Waals surface area contributed by atoms with Crippen LogP contribution in [0.2, 0.25) is 0 Å². The largest absolute Gasteiger partial charge is 0.378 e. The average Bonchev–Trinajstić information content (AvgIpc) is 3.23. The maximum atomic E-state index is 12.7. The van der Waals surface area contributed by atoms with Crippen molar-refractivity contribution in [2.24, 2.45) is 5.92 Å². The number of hydrogen-bond acceptors (Lipinski definition) is 6. The molecule has 0 aliphatic carbocycles. The summed E-state index contributed by atoms with van der Waals surface area (Å²) in [6, 6.07) is 8.10. The van der Waals surface area contributed by atoms with Crippen LogP contribution in [0, 0.1) is 5.92 Å². The van der Waals surface area contributed by atoms with Crippen LogP contribution < -0.4 is 4.90 Å². The van der Waals surface area contributed by atoms with Gasteiger partial charge in [0.05, 0.1) is 24.0 Å². The highest BCUT2D eigenvalue weighted by atomic mass is 32.1. The molecule has 2 aliphatic heterocycles. The van der Waals surface area contributed by atoms with E-state index in [9.17, 15) is 4.79 Å². The molecule has 1 amide bonds. The summed E-state index contributed by atoms with van der Waals surface area (Å²) in [5.74, 6) is 1.17. The summed E-state index contributed by atoms with van der Waals surface area (Å²) in [6.07, 6.45) is 1.96. The van der Waals surface area contributed by atoms with Crippen LogP contribution in [0.15, 0.2) is 29.6 Å². The van der Waals surface area contributed by atoms with Gasteiger partial charge >= 0.3 is 0 Å². The number of carbonyl (C=O) groups excluding carboxylic acids is 1. The minimum Gasteiger partial charge on any atom is -0.378 e. The molecule has 0 N–H and O–H groups in total. The van der Waals surface area contributed by atoms with Gasteiger partial charge in [-0.15, -0.1) is 21.5 Å². The van der Waals surface area contributed by atoms with Gasteiger partial charge in [0.2, 0.25) is 5.91 Å². The molecule has 4 heterocycles. The first-order chi connectivity index (χ1) is 12.3. The molecule has 2 saturated heterocycles. The monoisotopic (exact) mass is 358 g/mol. The van der Waals surface area contributed by atoms with E-state index in [1.807, 2.05) is 34.5 Å². The van der Waals surface area contributed by atoms with Crippen LogP contribution in [0.1, 0.15) is 12.8 Å². The van der Waals surface area contributed by atoms with Crippen LogP contribution in [0.4, 0.5) is 5.82 Å². The summed E-state index contributed by atoms with van der Waals surface area (Å²) in [5, 5.41) is 10.8. The number of ether oxygens (including phenoxy) is 1. The Bertz CT molecular complexity index is 698. The van der Waals surface area contributed by atoms with Crippen molar-refractivity contribution in [3.63, 3.8) is 0 Å². The van der Waals surface area contributed by atoms with E-state index in [4.69, 9.17) is 4.74 Å². The minimum atomic E-state index is 0.0469. The Balaban J connectivity index is 1.43. The van der Waals surface area contributed by atoms with Crippen molar-refractivity contribution in [3.8, 4) is 10.6 Å². The molecule has 2 fully saturated rings. The van der Waals surface area contributed by atoms with E-state index in [2.05, 4.69) is 15.1 Å². The van der Waals surface area contributed by atoms with Gasteiger partial charge in [-0.05, 0) is 36.4 Å². The standard InChI is InChI=1S/C18H22N4O2S/c23-18(21-8-10-24-11-9-21)14-3-1-7-22(13-14)17-6-5-15(19-20-17)16-4-2-12-25-16/h2,4-6,12,14H,1,3,7-11,13H2. The minimum absolute atomic E-state index is 0.0469. The number of anilines is 1. The van der Waals surface area contributed by atoms with E-state index >= 15 is 0 Å². The molecule has 2 aliphatic rings. The van der Waals surface area contributed by atoms with Crippen LogP contribution in [0.5, 0.6) is 0 Å². The van der Waals surface area contributed by atoms with E-state index in [0.29, 0.717) is 26.3 Å².